The summed E-state index contributed by atoms with van der Waals surface area (Å²) in [6, 6.07) is 50.4. The van der Waals surface area contributed by atoms with Crippen LogP contribution in [0.1, 0.15) is 138 Å². The Bertz CT molecular complexity index is 7440. The third-order valence-electron chi connectivity index (χ3n) is 22.6. The van der Waals surface area contributed by atoms with Gasteiger partial charge in [0.2, 0.25) is 11.8 Å². The van der Waals surface area contributed by atoms with Gasteiger partial charge in [-0.05, 0) is 215 Å². The number of carbonyl (C=O) groups is 7. The molecular weight excluding hydrogens is 1870 g/mol. The number of aliphatic hydroxyl groups is 2. The quantitative estimate of drug-likeness (QED) is 0.0178. The van der Waals surface area contributed by atoms with Crippen LogP contribution in [0.15, 0.2) is 254 Å². The lowest BCUT2D eigenvalue weighted by atomic mass is 10.0. The Hall–Kier alpha value is -18.7. The number of nitrogens with one attached hydrogen (secondary N) is 10. The van der Waals surface area contributed by atoms with Crippen LogP contribution in [0.3, 0.4) is 0 Å². The Labute approximate surface area is 833 Å². The Kier molecular flexibility index (Phi) is 35.4. The van der Waals surface area contributed by atoms with Crippen molar-refractivity contribution in [1.29, 1.82) is 0 Å². The molecule has 38 heteroatoms. The summed E-state index contributed by atoms with van der Waals surface area (Å²) in [5, 5.41) is 74.4. The molecule has 6 aromatic carbocycles. The van der Waals surface area contributed by atoms with Crippen molar-refractivity contribution in [3.8, 4) is 28.7 Å². The number of pyridine rings is 5. The summed E-state index contributed by atoms with van der Waals surface area (Å²) in [6.07, 6.45) is 38.0. The Morgan fingerprint density at radius 1 is 0.359 bits per heavy atom. The maximum absolute atomic E-state index is 13.1. The SMILES string of the molecule is COc1c(C(=O)NC(CO)C(C)C)ccc2n[nH]c(/C=C/c3ccncc3)c12.COc1c(C(=O)NC(CO)C(N)=O)ccc2n[nH]c(/C=C/c3ccncc3)c12.COc1c(C(=O)NC(Cc2ccccc2)C(N)=O)ccc2n[nH]c(/C=C/c3ccncc3)c12.COc1c(C(=O)NCc2ccco2)ccc2n[nH]c(/C=C/c3ccncc3)c12.COc1c(C(=O)NCc2cccs2)ccc2n[nH]c(/C=C/c3ccncc3)c12. The molecule has 0 radical (unpaired) electrons. The summed E-state index contributed by atoms with van der Waals surface area (Å²) < 4.78 is 33.1. The molecule has 0 fully saturated rings. The van der Waals surface area contributed by atoms with Gasteiger partial charge in [0, 0.05) is 73.3 Å². The molecule has 12 heterocycles. The van der Waals surface area contributed by atoms with Gasteiger partial charge in [0.25, 0.3) is 29.5 Å². The fourth-order valence-electron chi connectivity index (χ4n) is 15.1. The fourth-order valence-corrected chi connectivity index (χ4v) is 15.8. The Morgan fingerprint density at radius 2 is 0.669 bits per heavy atom. The van der Waals surface area contributed by atoms with Crippen LogP contribution >= 0.6 is 11.3 Å². The first kappa shape index (κ1) is 102. The lowest BCUT2D eigenvalue weighted by molar-refractivity contribution is -0.121. The van der Waals surface area contributed by atoms with Crippen LogP contribution in [0, 0.1) is 5.92 Å². The Morgan fingerprint density at radius 3 is 0.945 bits per heavy atom. The second-order valence-corrected chi connectivity index (χ2v) is 33.3. The number of aromatic amines is 5. The number of H-pyrrole nitrogens is 5. The van der Waals surface area contributed by atoms with Gasteiger partial charge in [0.1, 0.15) is 46.6 Å². The average Bonchev–Trinajstić information content (AvgIpc) is 1.67. The number of benzene rings is 6. The van der Waals surface area contributed by atoms with E-state index < -0.39 is 42.3 Å². The summed E-state index contributed by atoms with van der Waals surface area (Å²) in [6.45, 7) is 3.95. The molecular formula is C107H102N22O15S. The molecule has 37 nitrogen and oxygen atoms in total. The van der Waals surface area contributed by atoms with Gasteiger partial charge >= 0.3 is 0 Å². The van der Waals surface area contributed by atoms with Crippen LogP contribution in [0.25, 0.3) is 115 Å². The van der Waals surface area contributed by atoms with Gasteiger partial charge in [-0.3, -0.25) is 84.0 Å². The van der Waals surface area contributed by atoms with E-state index in [1.807, 2.05) is 189 Å². The second-order valence-electron chi connectivity index (χ2n) is 32.2. The number of amides is 7. The summed E-state index contributed by atoms with van der Waals surface area (Å²) in [7, 11) is 7.56. The number of nitrogens with zero attached hydrogens (tertiary/aromatic N) is 10. The largest absolute Gasteiger partial charge is 0.495 e. The predicted octanol–water partition coefficient (Wildman–Crippen LogP) is 14.3. The Balaban J connectivity index is 0.000000144. The van der Waals surface area contributed by atoms with Gasteiger partial charge in [0.15, 0.2) is 0 Å². The molecule has 12 aromatic heterocycles. The fraction of sp³-hybridized carbons (Fsp3) is 0.150. The number of hydrogen-bond acceptors (Lipinski definition) is 26. The third-order valence-corrected chi connectivity index (χ3v) is 23.5. The lowest BCUT2D eigenvalue weighted by Gasteiger charge is -2.20. The zero-order valence-electron chi connectivity index (χ0n) is 79.5. The summed E-state index contributed by atoms with van der Waals surface area (Å²) in [5.41, 5.74) is 25.3. The van der Waals surface area contributed by atoms with E-state index in [1.165, 1.54) is 27.4 Å². The monoisotopic (exact) mass is 1970 g/mol. The van der Waals surface area contributed by atoms with Crippen LogP contribution in [-0.4, -0.2) is 194 Å². The van der Waals surface area contributed by atoms with Gasteiger partial charge in [-0.15, -0.1) is 11.3 Å². The van der Waals surface area contributed by atoms with Crippen molar-refractivity contribution in [3.05, 3.63) is 350 Å². The van der Waals surface area contributed by atoms with Gasteiger partial charge in [-0.2, -0.15) is 25.5 Å². The van der Waals surface area contributed by atoms with Gasteiger partial charge in [-0.1, -0.05) is 80.6 Å². The molecule has 7 amide bonds. The van der Waals surface area contributed by atoms with E-state index >= 15 is 0 Å². The number of thiophene rings is 1. The minimum Gasteiger partial charge on any atom is -0.495 e. The molecule has 0 aliphatic heterocycles. The molecule has 0 spiro atoms. The molecule has 0 saturated heterocycles. The normalized spacial score (nSPS) is 11.8. The van der Waals surface area contributed by atoms with E-state index in [-0.39, 0.29) is 53.8 Å². The molecule has 16 N–H and O–H groups in total. The molecule has 3 atom stereocenters. The van der Waals surface area contributed by atoms with E-state index in [1.54, 1.807) is 154 Å². The third kappa shape index (κ3) is 26.1. The molecule has 0 saturated carbocycles. The second kappa shape index (κ2) is 50.2. The van der Waals surface area contributed by atoms with Crippen LogP contribution in [-0.2, 0) is 29.1 Å². The van der Waals surface area contributed by atoms with Crippen molar-refractivity contribution in [2.75, 3.05) is 48.8 Å². The molecule has 18 rings (SSSR count). The van der Waals surface area contributed by atoms with Crippen molar-refractivity contribution >= 4 is 168 Å². The molecule has 18 aromatic rings. The van der Waals surface area contributed by atoms with Gasteiger partial charge in [-0.25, -0.2) is 0 Å². The standard InChI is InChI=1S/C25H23N5O3.C21H18N4O3.C21H24N4O3.C21H18N4O2S.C19H19N5O4/c1-33-23-18(25(32)28-21(24(26)31)15-17-5-3-2-4-6-17)8-10-20-22(23)19(29-30-20)9-7-16-11-13-27-14-12-16;1-27-20-16(21(26)23-13-15-3-2-12-28-15)5-7-18-19(20)17(24-25-18)6-4-14-8-10-22-11-9-14;1-13(2)18(12-26)23-21(27)15-5-7-17-19(20(15)28-3)16(24-25-17)6-4-14-8-10-22-11-9-14;1-27-20-16(21(26)23-13-15-3-2-12-28-15)5-7-18-19(20)17(24-25-18)6-4-14-8-10-22-11-9-14;1-28-17-12(19(27)22-15(10-25)18(20)26)3-5-14-16(17)13(23-24-14)4-2-11-6-8-21-9-7-11/h2-14,21H,15H2,1H3,(H2,26,31)(H,28,32)(H,29,30);2-12H,13H2,1H3,(H,23,26)(H,24,25);4-11,13,18,26H,12H2,1-3H3,(H,23,27)(H,24,25);2-12H,13H2,1H3,(H,23,26)(H,24,25);2-9,15,25H,10H2,1H3,(H2,20,26)(H,22,27)(H,23,24)/b9-7+;3*6-4+;4-2+. The summed E-state index contributed by atoms with van der Waals surface area (Å²) >= 11 is 1.61. The summed E-state index contributed by atoms with van der Waals surface area (Å²) in [4.78, 5) is 108. The number of aliphatic hydroxyl groups excluding tert-OH is 2. The van der Waals surface area contributed by atoms with Crippen LogP contribution in [0.5, 0.6) is 28.7 Å². The van der Waals surface area contributed by atoms with Gasteiger partial charge < -0.3 is 76.4 Å². The predicted molar refractivity (Wildman–Crippen MR) is 556 cm³/mol. The number of primary amides is 2. The number of methoxy groups -OCH3 is 5. The van der Waals surface area contributed by atoms with Crippen molar-refractivity contribution in [3.63, 3.8) is 0 Å². The highest BCUT2D eigenvalue weighted by atomic mass is 32.1. The van der Waals surface area contributed by atoms with Crippen molar-refractivity contribution in [2.45, 2.75) is 51.5 Å². The molecule has 145 heavy (non-hydrogen) atoms. The lowest BCUT2D eigenvalue weighted by Crippen LogP contribution is -2.46. The number of aromatic nitrogens is 15. The number of carbonyl (C=O) groups excluding carboxylic acids is 7. The smallest absolute Gasteiger partial charge is 0.255 e. The highest BCUT2D eigenvalue weighted by Crippen LogP contribution is 2.39. The van der Waals surface area contributed by atoms with Crippen LogP contribution in [0.2, 0.25) is 0 Å². The van der Waals surface area contributed by atoms with Crippen molar-refractivity contribution in [1.82, 2.24) is 102 Å². The number of ether oxygens (including phenoxy) is 5. The van der Waals surface area contributed by atoms with E-state index in [0.717, 1.165) is 77.0 Å². The molecule has 0 aliphatic carbocycles. The van der Waals surface area contributed by atoms with Crippen molar-refractivity contribution < 1.29 is 71.9 Å². The van der Waals surface area contributed by atoms with E-state index in [4.69, 9.17) is 39.6 Å². The maximum atomic E-state index is 13.1. The van der Waals surface area contributed by atoms with E-state index in [9.17, 15) is 43.8 Å². The first-order valence-electron chi connectivity index (χ1n) is 45.2. The average molecular weight is 1970 g/mol. The maximum Gasteiger partial charge on any atom is 0.255 e. The first-order chi connectivity index (χ1) is 70.7. The minimum atomic E-state index is -1.19. The number of furan rings is 1. The topological polar surface area (TPSA) is 539 Å². The number of nitrogens with two attached hydrogens (primary N) is 2. The van der Waals surface area contributed by atoms with Gasteiger partial charge in [0.05, 0.1) is 185 Å². The molecule has 0 aliphatic rings. The molecule has 0 bridgehead atoms. The van der Waals surface area contributed by atoms with E-state index in [2.05, 4.69) is 102 Å². The highest BCUT2D eigenvalue weighted by molar-refractivity contribution is 7.09. The highest BCUT2D eigenvalue weighted by Gasteiger charge is 2.29. The molecule has 736 valence electrons. The molecule has 3 unspecified atom stereocenters. The zero-order chi connectivity index (χ0) is 102. The number of hydrogen-bond donors (Lipinski definition) is 14. The zero-order valence-corrected chi connectivity index (χ0v) is 80.3. The van der Waals surface area contributed by atoms with E-state index in [0.29, 0.717) is 109 Å². The number of rotatable bonds is 34. The van der Waals surface area contributed by atoms with Crippen molar-refractivity contribution in [2.24, 2.45) is 17.4 Å². The van der Waals surface area contributed by atoms with Crippen LogP contribution in [0.4, 0.5) is 0 Å². The summed E-state index contributed by atoms with van der Waals surface area (Å²) in [5.74, 6) is -0.378. The minimum absolute atomic E-state index is 0.108. The van der Waals surface area contributed by atoms with Crippen LogP contribution < -0.4 is 61.7 Å². The number of fused-ring (bicyclic) bond motifs is 5. The first-order valence-corrected chi connectivity index (χ1v) is 46.1.